The van der Waals surface area contributed by atoms with Gasteiger partial charge in [-0.3, -0.25) is 0 Å². The number of anilines is 1. The van der Waals surface area contributed by atoms with Crippen LogP contribution in [0.5, 0.6) is 0 Å². The van der Waals surface area contributed by atoms with Gasteiger partial charge in [0.1, 0.15) is 0 Å². The zero-order valence-electron chi connectivity index (χ0n) is 12.0. The summed E-state index contributed by atoms with van der Waals surface area (Å²) in [6.45, 7) is 9.92. The summed E-state index contributed by atoms with van der Waals surface area (Å²) >= 11 is 0. The molecule has 1 aromatic rings. The topological polar surface area (TPSA) is 15.3 Å². The average Bonchev–Trinajstić information content (AvgIpc) is 3.17. The quantitative estimate of drug-likeness (QED) is 0.741. The van der Waals surface area contributed by atoms with Crippen molar-refractivity contribution in [3.05, 3.63) is 29.3 Å². The van der Waals surface area contributed by atoms with Gasteiger partial charge in [-0.05, 0) is 56.8 Å². The van der Waals surface area contributed by atoms with Gasteiger partial charge in [-0.25, -0.2) is 0 Å². The molecule has 1 aliphatic carbocycles. The summed E-state index contributed by atoms with van der Waals surface area (Å²) < 4.78 is 0. The van der Waals surface area contributed by atoms with Crippen LogP contribution >= 0.6 is 0 Å². The Balaban J connectivity index is 2.04. The van der Waals surface area contributed by atoms with Crippen molar-refractivity contribution in [2.45, 2.75) is 52.6 Å². The van der Waals surface area contributed by atoms with Gasteiger partial charge in [-0.15, -0.1) is 0 Å². The third kappa shape index (κ3) is 3.26. The first-order chi connectivity index (χ1) is 8.76. The van der Waals surface area contributed by atoms with Gasteiger partial charge in [0.25, 0.3) is 0 Å². The van der Waals surface area contributed by atoms with Gasteiger partial charge < -0.3 is 10.2 Å². The second kappa shape index (κ2) is 6.24. The molecule has 1 fully saturated rings. The Labute approximate surface area is 111 Å². The van der Waals surface area contributed by atoms with E-state index in [4.69, 9.17) is 0 Å². The molecule has 2 rings (SSSR count). The van der Waals surface area contributed by atoms with E-state index < -0.39 is 0 Å². The molecule has 18 heavy (non-hydrogen) atoms. The maximum Gasteiger partial charge on any atom is 0.0398 e. The van der Waals surface area contributed by atoms with Crippen molar-refractivity contribution in [2.75, 3.05) is 18.0 Å². The molecule has 1 N–H and O–H groups in total. The first kappa shape index (κ1) is 13.4. The maximum atomic E-state index is 3.46. The van der Waals surface area contributed by atoms with Crippen LogP contribution in [0, 0.1) is 6.92 Å². The minimum Gasteiger partial charge on any atom is -0.369 e. The van der Waals surface area contributed by atoms with E-state index in [2.05, 4.69) is 49.2 Å². The van der Waals surface area contributed by atoms with Crippen molar-refractivity contribution in [3.8, 4) is 0 Å². The van der Waals surface area contributed by atoms with Crippen LogP contribution in [-0.4, -0.2) is 19.1 Å². The lowest BCUT2D eigenvalue weighted by atomic mass is 10.1. The first-order valence-electron chi connectivity index (χ1n) is 7.33. The molecule has 0 unspecified atom stereocenters. The summed E-state index contributed by atoms with van der Waals surface area (Å²) in [6, 6.07) is 7.72. The van der Waals surface area contributed by atoms with E-state index in [1.807, 2.05) is 0 Å². The summed E-state index contributed by atoms with van der Waals surface area (Å²) in [4.78, 5) is 2.55. The zero-order valence-corrected chi connectivity index (χ0v) is 12.0. The molecule has 0 spiro atoms. The van der Waals surface area contributed by atoms with E-state index in [9.17, 15) is 0 Å². The predicted octanol–water partition coefficient (Wildman–Crippen LogP) is 3.48. The molecule has 100 valence electrons. The van der Waals surface area contributed by atoms with Crippen LogP contribution in [0.15, 0.2) is 18.2 Å². The zero-order chi connectivity index (χ0) is 13.0. The van der Waals surface area contributed by atoms with Crippen LogP contribution in [0.25, 0.3) is 0 Å². The molecule has 0 saturated heterocycles. The second-order valence-electron chi connectivity index (χ2n) is 5.31. The van der Waals surface area contributed by atoms with E-state index in [0.717, 1.165) is 25.7 Å². The predicted molar refractivity (Wildman–Crippen MR) is 79.2 cm³/mol. The Kier molecular flexibility index (Phi) is 4.65. The van der Waals surface area contributed by atoms with Crippen LogP contribution in [-0.2, 0) is 6.54 Å². The van der Waals surface area contributed by atoms with Gasteiger partial charge in [0.2, 0.25) is 0 Å². The summed E-state index contributed by atoms with van der Waals surface area (Å²) in [6.07, 6.45) is 3.93. The molecule has 1 aliphatic rings. The number of hydrogen-bond acceptors (Lipinski definition) is 2. The van der Waals surface area contributed by atoms with Crippen LogP contribution in [0.1, 0.15) is 44.2 Å². The Morgan fingerprint density at radius 1 is 1.28 bits per heavy atom. The van der Waals surface area contributed by atoms with E-state index in [-0.39, 0.29) is 0 Å². The summed E-state index contributed by atoms with van der Waals surface area (Å²) in [7, 11) is 0. The fourth-order valence-corrected chi connectivity index (χ4v) is 2.57. The van der Waals surface area contributed by atoms with E-state index in [1.165, 1.54) is 36.1 Å². The molecule has 0 amide bonds. The monoisotopic (exact) mass is 246 g/mol. The number of hydrogen-bond donors (Lipinski definition) is 1. The molecular formula is C16H26N2. The smallest absolute Gasteiger partial charge is 0.0398 e. The van der Waals surface area contributed by atoms with Crippen molar-refractivity contribution >= 4 is 5.69 Å². The van der Waals surface area contributed by atoms with Crippen LogP contribution in [0.2, 0.25) is 0 Å². The SMILES string of the molecule is CCCNCc1ccc(N(CC)C2CC2)c(C)c1. The van der Waals surface area contributed by atoms with E-state index >= 15 is 0 Å². The van der Waals surface area contributed by atoms with Crippen molar-refractivity contribution in [2.24, 2.45) is 0 Å². The van der Waals surface area contributed by atoms with Crippen LogP contribution < -0.4 is 10.2 Å². The second-order valence-corrected chi connectivity index (χ2v) is 5.31. The van der Waals surface area contributed by atoms with Gasteiger partial charge in [0.05, 0.1) is 0 Å². The van der Waals surface area contributed by atoms with E-state index in [1.54, 1.807) is 0 Å². The highest BCUT2D eigenvalue weighted by Crippen LogP contribution is 2.33. The van der Waals surface area contributed by atoms with Gasteiger partial charge in [0.15, 0.2) is 0 Å². The van der Waals surface area contributed by atoms with Crippen LogP contribution in [0.3, 0.4) is 0 Å². The summed E-state index contributed by atoms with van der Waals surface area (Å²) in [5.74, 6) is 0. The molecule has 2 heteroatoms. The lowest BCUT2D eigenvalue weighted by Crippen LogP contribution is -2.25. The molecule has 0 radical (unpaired) electrons. The van der Waals surface area contributed by atoms with Crippen LogP contribution in [0.4, 0.5) is 5.69 Å². The number of nitrogens with zero attached hydrogens (tertiary/aromatic N) is 1. The highest BCUT2D eigenvalue weighted by molar-refractivity contribution is 5.56. The number of rotatable bonds is 7. The third-order valence-electron chi connectivity index (χ3n) is 3.65. The third-order valence-corrected chi connectivity index (χ3v) is 3.65. The Morgan fingerprint density at radius 3 is 2.61 bits per heavy atom. The van der Waals surface area contributed by atoms with Crippen molar-refractivity contribution in [1.82, 2.24) is 5.32 Å². The van der Waals surface area contributed by atoms with Gasteiger partial charge in [-0.1, -0.05) is 19.1 Å². The van der Waals surface area contributed by atoms with E-state index in [0.29, 0.717) is 0 Å². The fourth-order valence-electron chi connectivity index (χ4n) is 2.57. The molecule has 0 atom stereocenters. The van der Waals surface area contributed by atoms with Gasteiger partial charge in [0, 0.05) is 24.8 Å². The highest BCUT2D eigenvalue weighted by Gasteiger charge is 2.28. The number of benzene rings is 1. The number of aryl methyl sites for hydroxylation is 1. The van der Waals surface area contributed by atoms with Crippen molar-refractivity contribution in [3.63, 3.8) is 0 Å². The van der Waals surface area contributed by atoms with Crippen molar-refractivity contribution < 1.29 is 0 Å². The summed E-state index contributed by atoms with van der Waals surface area (Å²) in [5, 5.41) is 3.46. The maximum absolute atomic E-state index is 3.46. The molecule has 0 bridgehead atoms. The normalized spacial score (nSPS) is 14.8. The van der Waals surface area contributed by atoms with Gasteiger partial charge >= 0.3 is 0 Å². The molecular weight excluding hydrogens is 220 g/mol. The molecule has 0 aromatic heterocycles. The lowest BCUT2D eigenvalue weighted by Gasteiger charge is -2.25. The number of nitrogens with one attached hydrogen (secondary N) is 1. The average molecular weight is 246 g/mol. The first-order valence-corrected chi connectivity index (χ1v) is 7.33. The molecule has 1 aromatic carbocycles. The highest BCUT2D eigenvalue weighted by atomic mass is 15.2. The largest absolute Gasteiger partial charge is 0.369 e. The Hall–Kier alpha value is -1.02. The van der Waals surface area contributed by atoms with Crippen molar-refractivity contribution in [1.29, 1.82) is 0 Å². The minimum absolute atomic E-state index is 0.803. The Morgan fingerprint density at radius 2 is 2.06 bits per heavy atom. The molecule has 1 saturated carbocycles. The molecule has 0 aliphatic heterocycles. The Bertz CT molecular complexity index is 383. The molecule has 2 nitrogen and oxygen atoms in total. The van der Waals surface area contributed by atoms with Gasteiger partial charge in [-0.2, -0.15) is 0 Å². The minimum atomic E-state index is 0.803. The molecule has 0 heterocycles. The summed E-state index contributed by atoms with van der Waals surface area (Å²) in [5.41, 5.74) is 4.25. The lowest BCUT2D eigenvalue weighted by molar-refractivity contribution is 0.675. The fraction of sp³-hybridized carbons (Fsp3) is 0.625. The standard InChI is InChI=1S/C16H26N2/c1-4-10-17-12-14-6-9-16(13(3)11-14)18(5-2)15-7-8-15/h6,9,11,15,17H,4-5,7-8,10,12H2,1-3H3.